The van der Waals surface area contributed by atoms with Crippen LogP contribution in [-0.2, 0) is 56.4 Å². The summed E-state index contributed by atoms with van der Waals surface area (Å²) in [6.07, 6.45) is 0. The van der Waals surface area contributed by atoms with Gasteiger partial charge in [-0.3, -0.25) is 4.57 Å². The maximum absolute atomic E-state index is 11.1. The fourth-order valence-corrected chi connectivity index (χ4v) is 3.99. The Morgan fingerprint density at radius 3 is 1.10 bits per heavy atom. The van der Waals surface area contributed by atoms with Crippen molar-refractivity contribution in [3.63, 3.8) is 0 Å². The largest absolute Gasteiger partial charge is 0.319 e. The van der Waals surface area contributed by atoms with Crippen molar-refractivity contribution in [3.05, 3.63) is 0 Å². The molecule has 0 saturated heterocycles. The summed E-state index contributed by atoms with van der Waals surface area (Å²) in [5, 5.41) is 0. The summed E-state index contributed by atoms with van der Waals surface area (Å²) in [4.78, 5) is 0. The highest BCUT2D eigenvalue weighted by molar-refractivity contribution is 7.91. The molecule has 0 aliphatic heterocycles. The van der Waals surface area contributed by atoms with Gasteiger partial charge in [0.25, 0.3) is 0 Å². The average molecular weight is 394 g/mol. The summed E-state index contributed by atoms with van der Waals surface area (Å²) in [7, 11) is -16.9. The highest BCUT2D eigenvalue weighted by atomic mass is 32.2. The lowest BCUT2D eigenvalue weighted by Crippen LogP contribution is -2.19. The molecule has 16 heteroatoms. The summed E-state index contributed by atoms with van der Waals surface area (Å²) in [5.74, 6) is 0. The molecule has 0 aromatic carbocycles. The Balaban J connectivity index is 4.44. The number of rotatable bonds is 10. The predicted molar refractivity (Wildman–Crippen MR) is 69.7 cm³/mol. The summed E-state index contributed by atoms with van der Waals surface area (Å²) in [6.45, 7) is -1.93. The Morgan fingerprint density at radius 1 is 0.650 bits per heavy atom. The first-order chi connectivity index (χ1) is 9.16. The van der Waals surface area contributed by atoms with E-state index < -0.39 is 73.4 Å². The van der Waals surface area contributed by atoms with Gasteiger partial charge in [0, 0.05) is 0 Å². The van der Waals surface area contributed by atoms with E-state index in [0.717, 1.165) is 0 Å². The molecule has 0 radical (unpaired) electrons. The number of thiol groups is 4. The molecule has 20 heavy (non-hydrogen) atoms. The second-order valence-electron chi connectivity index (χ2n) is 2.97. The fraction of sp³-hybridized carbons (Fsp3) is 1.00. The van der Waals surface area contributed by atoms with E-state index in [1.807, 2.05) is 0 Å². The van der Waals surface area contributed by atoms with Crippen LogP contribution in [0.4, 0.5) is 0 Å². The van der Waals surface area contributed by atoms with Crippen LogP contribution in [0.5, 0.6) is 0 Å². The quantitative estimate of drug-likeness (QED) is 0.214. The molecule has 0 amide bonds. The lowest BCUT2D eigenvalue weighted by atomic mass is 10.9. The van der Waals surface area contributed by atoms with Gasteiger partial charge in [-0.25, -0.2) is 33.7 Å². The molecule has 0 rings (SSSR count). The van der Waals surface area contributed by atoms with Crippen molar-refractivity contribution in [1.29, 1.82) is 0 Å². The third-order valence-corrected chi connectivity index (χ3v) is 7.28. The predicted octanol–water partition coefficient (Wildman–Crippen LogP) is -3.49. The molecular formula is C4H11O11PS4. The van der Waals surface area contributed by atoms with Crippen molar-refractivity contribution in [3.8, 4) is 0 Å². The Kier molecular flexibility index (Phi) is 9.78. The molecule has 0 fully saturated rings. The molecule has 0 aliphatic carbocycles. The van der Waals surface area contributed by atoms with E-state index in [1.54, 1.807) is 0 Å². The van der Waals surface area contributed by atoms with Crippen LogP contribution in [0.25, 0.3) is 0 Å². The van der Waals surface area contributed by atoms with Crippen LogP contribution in [0, 0.1) is 0 Å². The Morgan fingerprint density at radius 2 is 0.900 bits per heavy atom. The van der Waals surface area contributed by atoms with Gasteiger partial charge in [0.2, 0.25) is 0 Å². The zero-order valence-electron chi connectivity index (χ0n) is 9.35. The number of hydrogen-bond acceptors (Lipinski definition) is 11. The topological polar surface area (TPSA) is 172 Å². The van der Waals surface area contributed by atoms with Crippen LogP contribution in [0.1, 0.15) is 0 Å². The van der Waals surface area contributed by atoms with Crippen LogP contribution >= 0.6 is 8.25 Å². The molecule has 0 heterocycles. The molecular weight excluding hydrogens is 383 g/mol. The molecule has 0 saturated carbocycles. The average Bonchev–Trinajstić information content (AvgIpc) is 2.27. The van der Waals surface area contributed by atoms with Crippen LogP contribution in [0.3, 0.4) is 0 Å². The molecule has 0 aliphatic rings. The minimum Gasteiger partial charge on any atom is -0.308 e. The van der Waals surface area contributed by atoms with Gasteiger partial charge in [0.05, 0.1) is 13.2 Å². The third kappa shape index (κ3) is 7.66. The molecule has 0 unspecified atom stereocenters. The zero-order valence-corrected chi connectivity index (χ0v) is 13.9. The molecule has 0 atom stereocenters. The van der Waals surface area contributed by atoms with E-state index in [4.69, 9.17) is 0 Å². The minimum atomic E-state index is -3.43. The van der Waals surface area contributed by atoms with E-state index in [1.165, 1.54) is 0 Å². The van der Waals surface area contributed by atoms with E-state index in [0.29, 0.717) is 0 Å². The first-order valence-corrected chi connectivity index (χ1v) is 10.7. The van der Waals surface area contributed by atoms with Gasteiger partial charge in [-0.05, 0) is 0 Å². The molecule has 11 nitrogen and oxygen atoms in total. The van der Waals surface area contributed by atoms with E-state index >= 15 is 0 Å². The van der Waals surface area contributed by atoms with Gasteiger partial charge in [0.1, 0.15) is 0 Å². The van der Waals surface area contributed by atoms with Gasteiger partial charge in [0.15, 0.2) is 52.0 Å². The van der Waals surface area contributed by atoms with E-state index in [-0.39, 0.29) is 0 Å². The first-order valence-electron chi connectivity index (χ1n) is 4.50. The highest BCUT2D eigenvalue weighted by Crippen LogP contribution is 2.24. The lowest BCUT2D eigenvalue weighted by molar-refractivity contribution is 0.238. The lowest BCUT2D eigenvalue weighted by Gasteiger charge is -2.07. The van der Waals surface area contributed by atoms with Gasteiger partial charge < -0.3 is 9.05 Å². The van der Waals surface area contributed by atoms with Crippen molar-refractivity contribution in [1.82, 2.24) is 0 Å². The van der Waals surface area contributed by atoms with Gasteiger partial charge in [-0.2, -0.15) is 0 Å². The van der Waals surface area contributed by atoms with Crippen molar-refractivity contribution >= 4 is 51.1 Å². The summed E-state index contributed by atoms with van der Waals surface area (Å²) >= 11 is 0. The smallest absolute Gasteiger partial charge is 0.308 e. The van der Waals surface area contributed by atoms with Gasteiger partial charge in [-0.15, -0.1) is 0 Å². The van der Waals surface area contributed by atoms with Gasteiger partial charge >= 0.3 is 8.25 Å². The normalized spacial score (nSPS) is 12.8. The fourth-order valence-electron chi connectivity index (χ4n) is 0.724. The van der Waals surface area contributed by atoms with Crippen molar-refractivity contribution < 1.29 is 47.3 Å². The number of hydrogen-bond donors (Lipinski definition) is 4. The van der Waals surface area contributed by atoms with Gasteiger partial charge in [-0.1, -0.05) is 0 Å². The molecule has 0 aromatic heterocycles. The maximum atomic E-state index is 11.1. The Labute approximate surface area is 121 Å². The second-order valence-corrected chi connectivity index (χ2v) is 9.64. The maximum Gasteiger partial charge on any atom is 0.319 e. The van der Waals surface area contributed by atoms with Crippen molar-refractivity contribution in [2.45, 2.75) is 9.16 Å². The monoisotopic (exact) mass is 394 g/mol. The minimum absolute atomic E-state index is 0.965. The Bertz CT molecular complexity index is 509. The molecule has 0 N–H and O–H groups in total. The summed E-state index contributed by atoms with van der Waals surface area (Å²) < 4.78 is 99.7. The van der Waals surface area contributed by atoms with E-state index in [2.05, 4.69) is 9.05 Å². The van der Waals surface area contributed by atoms with Crippen LogP contribution in [0.2, 0.25) is 0 Å². The summed E-state index contributed by atoms with van der Waals surface area (Å²) in [6, 6.07) is 0. The van der Waals surface area contributed by atoms with Crippen LogP contribution in [-0.4, -0.2) is 56.0 Å². The Hall–Kier alpha value is -0.0500. The summed E-state index contributed by atoms with van der Waals surface area (Å²) in [5.41, 5.74) is 0. The first kappa shape index (κ1) is 19.9. The van der Waals surface area contributed by atoms with Crippen molar-refractivity contribution in [2.75, 3.05) is 13.2 Å². The SMILES string of the molecule is O=[PH](OCC([SH](=O)=O)[SH](=O)=O)OCC([SH](=O)=O)[SH](=O)=O. The molecule has 0 bridgehead atoms. The standard InChI is InChI=1S/C4H11O11PS4/c5-16(14-1-3(17(6)7)18(8)9)15-2-4(19(10)11)20(12)13/h3-4,16-20H,1-2H2. The second kappa shape index (κ2) is 9.81. The highest BCUT2D eigenvalue weighted by Gasteiger charge is 2.19. The van der Waals surface area contributed by atoms with Crippen LogP contribution < -0.4 is 0 Å². The zero-order chi connectivity index (χ0) is 15.9. The molecule has 0 spiro atoms. The van der Waals surface area contributed by atoms with Crippen molar-refractivity contribution in [2.24, 2.45) is 0 Å². The molecule has 122 valence electrons. The third-order valence-electron chi connectivity index (χ3n) is 1.67. The van der Waals surface area contributed by atoms with E-state index in [9.17, 15) is 38.2 Å². The van der Waals surface area contributed by atoms with Crippen LogP contribution in [0.15, 0.2) is 0 Å². The molecule has 0 aromatic rings.